The van der Waals surface area contributed by atoms with Crippen molar-refractivity contribution in [1.29, 1.82) is 5.26 Å². The van der Waals surface area contributed by atoms with Gasteiger partial charge in [0, 0.05) is 15.1 Å². The van der Waals surface area contributed by atoms with Gasteiger partial charge in [0.1, 0.15) is 0 Å². The second-order valence-corrected chi connectivity index (χ2v) is 4.79. The van der Waals surface area contributed by atoms with Crippen molar-refractivity contribution in [2.24, 2.45) is 0 Å². The van der Waals surface area contributed by atoms with Crippen LogP contribution in [0.25, 0.3) is 0 Å². The summed E-state index contributed by atoms with van der Waals surface area (Å²) in [5.41, 5.74) is 0. The number of hydrogen-bond donors (Lipinski definition) is 1. The number of benzene rings is 1. The van der Waals surface area contributed by atoms with Crippen LogP contribution in [0.3, 0.4) is 0 Å². The number of aliphatic hydroxyl groups is 1. The SMILES string of the molecule is N#CCC(O)CSc1ccc(Br)cc1. The quantitative estimate of drug-likeness (QED) is 0.857. The zero-order valence-corrected chi connectivity index (χ0v) is 9.88. The summed E-state index contributed by atoms with van der Waals surface area (Å²) in [4.78, 5) is 1.10. The maximum absolute atomic E-state index is 9.31. The minimum Gasteiger partial charge on any atom is -0.391 e. The maximum atomic E-state index is 9.31. The molecule has 0 aliphatic rings. The van der Waals surface area contributed by atoms with Crippen LogP contribution in [0.1, 0.15) is 6.42 Å². The van der Waals surface area contributed by atoms with Gasteiger partial charge in [-0.3, -0.25) is 0 Å². The van der Waals surface area contributed by atoms with Gasteiger partial charge in [-0.1, -0.05) is 15.9 Å². The molecule has 0 aliphatic carbocycles. The van der Waals surface area contributed by atoms with Crippen molar-refractivity contribution in [2.75, 3.05) is 5.75 Å². The highest BCUT2D eigenvalue weighted by Crippen LogP contribution is 2.21. The van der Waals surface area contributed by atoms with Crippen molar-refractivity contribution in [3.05, 3.63) is 28.7 Å². The molecule has 0 saturated heterocycles. The molecule has 0 amide bonds. The lowest BCUT2D eigenvalue weighted by molar-refractivity contribution is 0.205. The Hall–Kier alpha value is -0.500. The molecule has 0 heterocycles. The van der Waals surface area contributed by atoms with Gasteiger partial charge in [0.25, 0.3) is 0 Å². The lowest BCUT2D eigenvalue weighted by Gasteiger charge is -2.05. The zero-order chi connectivity index (χ0) is 10.4. The van der Waals surface area contributed by atoms with Gasteiger partial charge < -0.3 is 5.11 Å². The van der Waals surface area contributed by atoms with Crippen LogP contribution in [-0.4, -0.2) is 17.0 Å². The van der Waals surface area contributed by atoms with Crippen molar-refractivity contribution in [3.63, 3.8) is 0 Å². The molecule has 74 valence electrons. The van der Waals surface area contributed by atoms with Crippen molar-refractivity contribution in [1.82, 2.24) is 0 Å². The fourth-order valence-corrected chi connectivity index (χ4v) is 1.98. The summed E-state index contributed by atoms with van der Waals surface area (Å²) in [6.45, 7) is 0. The first-order valence-electron chi connectivity index (χ1n) is 4.16. The molecule has 1 aromatic rings. The molecular weight excluding hydrogens is 262 g/mol. The Labute approximate surface area is 96.1 Å². The highest BCUT2D eigenvalue weighted by Gasteiger charge is 2.03. The van der Waals surface area contributed by atoms with Gasteiger partial charge in [0.05, 0.1) is 18.6 Å². The third-order valence-corrected chi connectivity index (χ3v) is 3.27. The van der Waals surface area contributed by atoms with Crippen molar-refractivity contribution in [3.8, 4) is 6.07 Å². The summed E-state index contributed by atoms with van der Waals surface area (Å²) in [5.74, 6) is 0.565. The summed E-state index contributed by atoms with van der Waals surface area (Å²) >= 11 is 4.90. The van der Waals surface area contributed by atoms with E-state index in [0.29, 0.717) is 5.75 Å². The minimum atomic E-state index is -0.534. The Morgan fingerprint density at radius 2 is 2.07 bits per heavy atom. The standard InChI is InChI=1S/C10H10BrNOS/c11-8-1-3-10(4-2-8)14-7-9(13)5-6-12/h1-4,9,13H,5,7H2. The zero-order valence-electron chi connectivity index (χ0n) is 7.48. The van der Waals surface area contributed by atoms with Gasteiger partial charge in [-0.05, 0) is 24.3 Å². The lowest BCUT2D eigenvalue weighted by Crippen LogP contribution is -2.07. The van der Waals surface area contributed by atoms with E-state index in [1.807, 2.05) is 30.3 Å². The van der Waals surface area contributed by atoms with Gasteiger partial charge in [0.2, 0.25) is 0 Å². The highest BCUT2D eigenvalue weighted by atomic mass is 79.9. The van der Waals surface area contributed by atoms with Crippen LogP contribution in [0.4, 0.5) is 0 Å². The number of nitrogens with zero attached hydrogens (tertiary/aromatic N) is 1. The third-order valence-electron chi connectivity index (χ3n) is 1.58. The fraction of sp³-hybridized carbons (Fsp3) is 0.300. The van der Waals surface area contributed by atoms with E-state index in [9.17, 15) is 5.11 Å². The van der Waals surface area contributed by atoms with Crippen LogP contribution in [0.2, 0.25) is 0 Å². The Bertz CT molecular complexity index is 320. The summed E-state index contributed by atoms with van der Waals surface area (Å²) in [6, 6.07) is 9.82. The summed E-state index contributed by atoms with van der Waals surface area (Å²) in [5, 5.41) is 17.7. The molecule has 0 spiro atoms. The monoisotopic (exact) mass is 271 g/mol. The molecule has 0 fully saturated rings. The smallest absolute Gasteiger partial charge is 0.0763 e. The van der Waals surface area contributed by atoms with Crippen molar-refractivity contribution >= 4 is 27.7 Å². The predicted molar refractivity (Wildman–Crippen MR) is 61.1 cm³/mol. The highest BCUT2D eigenvalue weighted by molar-refractivity contribution is 9.10. The second kappa shape index (κ2) is 6.07. The van der Waals surface area contributed by atoms with E-state index >= 15 is 0 Å². The number of hydrogen-bond acceptors (Lipinski definition) is 3. The summed E-state index contributed by atoms with van der Waals surface area (Å²) < 4.78 is 1.04. The lowest BCUT2D eigenvalue weighted by atomic mass is 10.3. The molecule has 0 bridgehead atoms. The molecule has 1 N–H and O–H groups in total. The van der Waals surface area contributed by atoms with Crippen LogP contribution < -0.4 is 0 Å². The van der Waals surface area contributed by atoms with Gasteiger partial charge in [-0.25, -0.2) is 0 Å². The van der Waals surface area contributed by atoms with Crippen LogP contribution in [-0.2, 0) is 0 Å². The summed E-state index contributed by atoms with van der Waals surface area (Å²) in [7, 11) is 0. The Morgan fingerprint density at radius 1 is 1.43 bits per heavy atom. The molecule has 1 unspecified atom stereocenters. The van der Waals surface area contributed by atoms with Crippen LogP contribution in [0, 0.1) is 11.3 Å². The van der Waals surface area contributed by atoms with Gasteiger partial charge >= 0.3 is 0 Å². The number of nitriles is 1. The van der Waals surface area contributed by atoms with E-state index < -0.39 is 6.10 Å². The maximum Gasteiger partial charge on any atom is 0.0763 e. The average Bonchev–Trinajstić information content (AvgIpc) is 2.17. The number of halogens is 1. The van der Waals surface area contributed by atoms with E-state index in [-0.39, 0.29) is 6.42 Å². The summed E-state index contributed by atoms with van der Waals surface area (Å²) in [6.07, 6.45) is -0.336. The first-order chi connectivity index (χ1) is 6.72. The average molecular weight is 272 g/mol. The molecule has 1 aromatic carbocycles. The normalized spacial score (nSPS) is 12.1. The van der Waals surface area contributed by atoms with Gasteiger partial charge in [-0.15, -0.1) is 11.8 Å². The first kappa shape index (κ1) is 11.6. The van der Waals surface area contributed by atoms with E-state index in [2.05, 4.69) is 15.9 Å². The molecule has 4 heteroatoms. The molecule has 0 radical (unpaired) electrons. The fourth-order valence-electron chi connectivity index (χ4n) is 0.888. The van der Waals surface area contributed by atoms with E-state index in [4.69, 9.17) is 5.26 Å². The van der Waals surface area contributed by atoms with E-state index in [1.165, 1.54) is 0 Å². The Balaban J connectivity index is 2.39. The van der Waals surface area contributed by atoms with Crippen molar-refractivity contribution < 1.29 is 5.11 Å². The largest absolute Gasteiger partial charge is 0.391 e. The second-order valence-electron chi connectivity index (χ2n) is 2.78. The molecular formula is C10H10BrNOS. The first-order valence-corrected chi connectivity index (χ1v) is 5.93. The molecule has 1 atom stereocenters. The molecule has 1 rings (SSSR count). The number of rotatable bonds is 4. The van der Waals surface area contributed by atoms with Crippen molar-refractivity contribution in [2.45, 2.75) is 17.4 Å². The Kier molecular flexibility index (Phi) is 5.02. The van der Waals surface area contributed by atoms with Gasteiger partial charge in [0.15, 0.2) is 0 Å². The van der Waals surface area contributed by atoms with Crippen LogP contribution >= 0.6 is 27.7 Å². The molecule has 2 nitrogen and oxygen atoms in total. The van der Waals surface area contributed by atoms with E-state index in [1.54, 1.807) is 11.8 Å². The van der Waals surface area contributed by atoms with Crippen LogP contribution in [0.5, 0.6) is 0 Å². The minimum absolute atomic E-state index is 0.198. The van der Waals surface area contributed by atoms with Crippen LogP contribution in [0.15, 0.2) is 33.6 Å². The third kappa shape index (κ3) is 4.14. The predicted octanol–water partition coefficient (Wildman–Crippen LogP) is 2.82. The topological polar surface area (TPSA) is 44.0 Å². The molecule has 0 saturated carbocycles. The Morgan fingerprint density at radius 3 is 2.64 bits per heavy atom. The molecule has 0 aromatic heterocycles. The van der Waals surface area contributed by atoms with E-state index in [0.717, 1.165) is 9.37 Å². The number of aliphatic hydroxyl groups excluding tert-OH is 1. The van der Waals surface area contributed by atoms with Gasteiger partial charge in [-0.2, -0.15) is 5.26 Å². The molecule has 14 heavy (non-hydrogen) atoms. The molecule has 0 aliphatic heterocycles. The number of thioether (sulfide) groups is 1.